The van der Waals surface area contributed by atoms with E-state index in [1.165, 1.54) is 5.56 Å². The first-order chi connectivity index (χ1) is 7.31. The molecule has 92 valence electrons. The van der Waals surface area contributed by atoms with Gasteiger partial charge in [-0.25, -0.2) is 0 Å². The third-order valence-corrected chi connectivity index (χ3v) is 2.04. The van der Waals surface area contributed by atoms with Gasteiger partial charge in [0.25, 0.3) is 0 Å². The van der Waals surface area contributed by atoms with Gasteiger partial charge in [0, 0.05) is 0 Å². The Balaban J connectivity index is 0.00000225. The van der Waals surface area contributed by atoms with Crippen LogP contribution >= 0.6 is 0 Å². The number of benzene rings is 1. The summed E-state index contributed by atoms with van der Waals surface area (Å²) in [5.74, 6) is 1.62. The molecule has 16 heavy (non-hydrogen) atoms. The molecule has 0 bridgehead atoms. The number of halogens is 1. The zero-order valence-corrected chi connectivity index (χ0v) is 10.6. The Morgan fingerprint density at radius 3 is 2.25 bits per heavy atom. The summed E-state index contributed by atoms with van der Waals surface area (Å²) in [5, 5.41) is 0. The van der Waals surface area contributed by atoms with Crippen molar-refractivity contribution < 1.29 is 21.9 Å². The molecule has 2 N–H and O–H groups in total. The van der Waals surface area contributed by atoms with Crippen LogP contribution in [0.1, 0.15) is 19.4 Å². The van der Waals surface area contributed by atoms with Gasteiger partial charge in [-0.05, 0) is 44.5 Å². The Morgan fingerprint density at radius 1 is 1.06 bits per heavy atom. The SMILES string of the molecule is CCOc1ccc(CCN)cc1OCC.[Cl-]. The van der Waals surface area contributed by atoms with Gasteiger partial charge < -0.3 is 27.6 Å². The van der Waals surface area contributed by atoms with Crippen LogP contribution in [0.4, 0.5) is 0 Å². The minimum absolute atomic E-state index is 0. The maximum atomic E-state index is 5.51. The average Bonchev–Trinajstić information content (AvgIpc) is 2.23. The Labute approximate surface area is 103 Å². The van der Waals surface area contributed by atoms with E-state index in [0.717, 1.165) is 17.9 Å². The molecule has 0 aliphatic carbocycles. The normalized spacial score (nSPS) is 9.44. The fourth-order valence-electron chi connectivity index (χ4n) is 1.42. The van der Waals surface area contributed by atoms with Gasteiger partial charge in [-0.15, -0.1) is 0 Å². The summed E-state index contributed by atoms with van der Waals surface area (Å²) in [4.78, 5) is 0. The van der Waals surface area contributed by atoms with Crippen molar-refractivity contribution in [3.63, 3.8) is 0 Å². The minimum Gasteiger partial charge on any atom is -1.00 e. The van der Waals surface area contributed by atoms with Crippen molar-refractivity contribution in [2.24, 2.45) is 5.73 Å². The highest BCUT2D eigenvalue weighted by Gasteiger charge is 2.05. The molecule has 0 saturated heterocycles. The van der Waals surface area contributed by atoms with Crippen LogP contribution in [0.2, 0.25) is 0 Å². The molecular weight excluding hydrogens is 226 g/mol. The lowest BCUT2D eigenvalue weighted by molar-refractivity contribution is -0.00000423. The first-order valence-corrected chi connectivity index (χ1v) is 5.40. The molecule has 0 spiro atoms. The van der Waals surface area contributed by atoms with Crippen LogP contribution in [0.5, 0.6) is 11.5 Å². The third kappa shape index (κ3) is 4.29. The molecule has 0 aliphatic heterocycles. The van der Waals surface area contributed by atoms with Gasteiger partial charge in [-0.1, -0.05) is 6.07 Å². The van der Waals surface area contributed by atoms with E-state index < -0.39 is 0 Å². The van der Waals surface area contributed by atoms with Gasteiger partial charge in [0.05, 0.1) is 13.2 Å². The molecule has 0 unspecified atom stereocenters. The van der Waals surface area contributed by atoms with Crippen molar-refractivity contribution in [3.8, 4) is 11.5 Å². The first kappa shape index (κ1) is 15.1. The summed E-state index contributed by atoms with van der Waals surface area (Å²) in [6.07, 6.45) is 0.868. The molecular formula is C12H19ClNO2-. The maximum absolute atomic E-state index is 5.51. The molecule has 0 amide bonds. The molecule has 0 atom stereocenters. The third-order valence-electron chi connectivity index (χ3n) is 2.04. The summed E-state index contributed by atoms with van der Waals surface area (Å²) in [6, 6.07) is 5.97. The number of nitrogens with two attached hydrogens (primary N) is 1. The lowest BCUT2D eigenvalue weighted by Crippen LogP contribution is -3.00. The second-order valence-electron chi connectivity index (χ2n) is 3.19. The lowest BCUT2D eigenvalue weighted by Gasteiger charge is -2.11. The molecule has 3 nitrogen and oxygen atoms in total. The van der Waals surface area contributed by atoms with Crippen LogP contribution < -0.4 is 27.6 Å². The smallest absolute Gasteiger partial charge is 0.161 e. The van der Waals surface area contributed by atoms with E-state index in [1.807, 2.05) is 32.0 Å². The number of rotatable bonds is 6. The second-order valence-corrected chi connectivity index (χ2v) is 3.19. The molecule has 0 radical (unpaired) electrons. The van der Waals surface area contributed by atoms with Crippen LogP contribution in [0.15, 0.2) is 18.2 Å². The fourth-order valence-corrected chi connectivity index (χ4v) is 1.42. The molecule has 0 fully saturated rings. The zero-order chi connectivity index (χ0) is 11.1. The van der Waals surface area contributed by atoms with Crippen LogP contribution in [0.25, 0.3) is 0 Å². The summed E-state index contributed by atoms with van der Waals surface area (Å²) >= 11 is 0. The van der Waals surface area contributed by atoms with Crippen molar-refractivity contribution in [1.29, 1.82) is 0 Å². The summed E-state index contributed by atoms with van der Waals surface area (Å²) < 4.78 is 11.0. The Hall–Kier alpha value is -0.930. The number of hydrogen-bond acceptors (Lipinski definition) is 3. The molecule has 1 rings (SSSR count). The van der Waals surface area contributed by atoms with Gasteiger partial charge in [-0.3, -0.25) is 0 Å². The predicted octanol–water partition coefficient (Wildman–Crippen LogP) is -1.01. The Kier molecular flexibility index (Phi) is 7.77. The summed E-state index contributed by atoms with van der Waals surface area (Å²) in [5.41, 5.74) is 6.69. The highest BCUT2D eigenvalue weighted by atomic mass is 35.5. The van der Waals surface area contributed by atoms with Gasteiger partial charge in [0.1, 0.15) is 0 Å². The summed E-state index contributed by atoms with van der Waals surface area (Å²) in [7, 11) is 0. The van der Waals surface area contributed by atoms with E-state index in [4.69, 9.17) is 15.2 Å². The minimum atomic E-state index is 0. The predicted molar refractivity (Wildman–Crippen MR) is 61.5 cm³/mol. The second kappa shape index (κ2) is 8.25. The molecule has 0 aliphatic rings. The van der Waals surface area contributed by atoms with E-state index >= 15 is 0 Å². The quantitative estimate of drug-likeness (QED) is 0.698. The molecule has 1 aromatic rings. The van der Waals surface area contributed by atoms with E-state index in [9.17, 15) is 0 Å². The van der Waals surface area contributed by atoms with Gasteiger partial charge >= 0.3 is 0 Å². The lowest BCUT2D eigenvalue weighted by atomic mass is 10.1. The Bertz CT molecular complexity index is 305. The Morgan fingerprint density at radius 2 is 1.69 bits per heavy atom. The zero-order valence-electron chi connectivity index (χ0n) is 9.83. The van der Waals surface area contributed by atoms with E-state index in [0.29, 0.717) is 19.8 Å². The summed E-state index contributed by atoms with van der Waals surface area (Å²) in [6.45, 7) is 5.87. The molecule has 0 aromatic heterocycles. The molecule has 4 heteroatoms. The van der Waals surface area contributed by atoms with Gasteiger partial charge in [-0.2, -0.15) is 0 Å². The van der Waals surface area contributed by atoms with E-state index in [1.54, 1.807) is 0 Å². The average molecular weight is 245 g/mol. The van der Waals surface area contributed by atoms with Crippen molar-refractivity contribution >= 4 is 0 Å². The molecule has 0 heterocycles. The van der Waals surface area contributed by atoms with Crippen molar-refractivity contribution in [2.75, 3.05) is 19.8 Å². The number of ether oxygens (including phenoxy) is 2. The van der Waals surface area contributed by atoms with E-state index in [-0.39, 0.29) is 12.4 Å². The fraction of sp³-hybridized carbons (Fsp3) is 0.500. The molecule has 1 aromatic carbocycles. The topological polar surface area (TPSA) is 44.5 Å². The van der Waals surface area contributed by atoms with Crippen LogP contribution in [-0.4, -0.2) is 19.8 Å². The van der Waals surface area contributed by atoms with Crippen molar-refractivity contribution in [3.05, 3.63) is 23.8 Å². The monoisotopic (exact) mass is 244 g/mol. The van der Waals surface area contributed by atoms with Crippen molar-refractivity contribution in [2.45, 2.75) is 20.3 Å². The first-order valence-electron chi connectivity index (χ1n) is 5.40. The maximum Gasteiger partial charge on any atom is 0.161 e. The van der Waals surface area contributed by atoms with Crippen LogP contribution in [0, 0.1) is 0 Å². The van der Waals surface area contributed by atoms with Crippen LogP contribution in [-0.2, 0) is 6.42 Å². The number of hydrogen-bond donors (Lipinski definition) is 1. The highest BCUT2D eigenvalue weighted by Crippen LogP contribution is 2.28. The van der Waals surface area contributed by atoms with Gasteiger partial charge in [0.15, 0.2) is 11.5 Å². The largest absolute Gasteiger partial charge is 1.00 e. The standard InChI is InChI=1S/C12H19NO2.ClH/c1-3-14-11-6-5-10(7-8-13)9-12(11)15-4-2;/h5-6,9H,3-4,7-8,13H2,1-2H3;1H/p-1. The highest BCUT2D eigenvalue weighted by molar-refractivity contribution is 5.43. The van der Waals surface area contributed by atoms with Gasteiger partial charge in [0.2, 0.25) is 0 Å². The molecule has 0 saturated carbocycles. The van der Waals surface area contributed by atoms with Crippen LogP contribution in [0.3, 0.4) is 0 Å². The van der Waals surface area contributed by atoms with Crippen molar-refractivity contribution in [1.82, 2.24) is 0 Å². The van der Waals surface area contributed by atoms with E-state index in [2.05, 4.69) is 0 Å².